The van der Waals surface area contributed by atoms with Gasteiger partial charge in [-0.05, 0) is 29.8 Å². The van der Waals surface area contributed by atoms with E-state index >= 15 is 0 Å². The van der Waals surface area contributed by atoms with Gasteiger partial charge in [-0.3, -0.25) is 20.4 Å². The molecule has 0 atom stereocenters. The Hall–Kier alpha value is -2.54. The topological polar surface area (TPSA) is 58.2 Å². The van der Waals surface area contributed by atoms with Crippen molar-refractivity contribution in [1.82, 2.24) is 10.9 Å². The first-order chi connectivity index (χ1) is 11.3. The van der Waals surface area contributed by atoms with Gasteiger partial charge in [-0.25, -0.2) is 0 Å². The smallest absolute Gasteiger partial charge is 0.273 e. The van der Waals surface area contributed by atoms with E-state index in [2.05, 4.69) is 10.9 Å². The number of carbonyl (C=O) groups is 2. The van der Waals surface area contributed by atoms with Crippen molar-refractivity contribution < 1.29 is 22.8 Å². The molecule has 2 amide bonds. The van der Waals surface area contributed by atoms with Gasteiger partial charge in [-0.1, -0.05) is 35.9 Å². The zero-order valence-electron chi connectivity index (χ0n) is 12.2. The minimum Gasteiger partial charge on any atom is -0.273 e. The highest BCUT2D eigenvalue weighted by Crippen LogP contribution is 2.29. The van der Waals surface area contributed by atoms with Crippen molar-refractivity contribution in [2.75, 3.05) is 0 Å². The molecule has 0 aliphatic heterocycles. The number of halogens is 4. The molecule has 0 aliphatic carbocycles. The highest BCUT2D eigenvalue weighted by molar-refractivity contribution is 6.33. The Morgan fingerprint density at radius 2 is 1.58 bits per heavy atom. The number of alkyl halides is 3. The molecule has 0 aromatic heterocycles. The van der Waals surface area contributed by atoms with E-state index in [0.717, 1.165) is 12.1 Å². The number of hydrogen-bond donors (Lipinski definition) is 2. The standard InChI is InChI=1S/C16H12ClF3N2O2/c17-13-4-2-1-3-12(13)15(24)22-21-14(23)9-10-5-7-11(8-6-10)16(18,19)20/h1-8H,9H2,(H,21,23)(H,22,24). The number of nitrogens with one attached hydrogen (secondary N) is 2. The molecule has 0 bridgehead atoms. The monoisotopic (exact) mass is 356 g/mol. The maximum Gasteiger partial charge on any atom is 0.416 e. The summed E-state index contributed by atoms with van der Waals surface area (Å²) < 4.78 is 37.3. The van der Waals surface area contributed by atoms with Gasteiger partial charge in [-0.15, -0.1) is 0 Å². The van der Waals surface area contributed by atoms with Crippen molar-refractivity contribution in [2.24, 2.45) is 0 Å². The van der Waals surface area contributed by atoms with Crippen molar-refractivity contribution in [3.63, 3.8) is 0 Å². The SMILES string of the molecule is O=C(Cc1ccc(C(F)(F)F)cc1)NNC(=O)c1ccccc1Cl. The largest absolute Gasteiger partial charge is 0.416 e. The van der Waals surface area contributed by atoms with Crippen LogP contribution in [0.2, 0.25) is 5.02 Å². The van der Waals surface area contributed by atoms with Crippen LogP contribution in [0.4, 0.5) is 13.2 Å². The summed E-state index contributed by atoms with van der Waals surface area (Å²) in [5.74, 6) is -1.17. The zero-order valence-corrected chi connectivity index (χ0v) is 12.9. The van der Waals surface area contributed by atoms with Gasteiger partial charge in [0.2, 0.25) is 5.91 Å². The fourth-order valence-corrected chi connectivity index (χ4v) is 2.10. The van der Waals surface area contributed by atoms with Gasteiger partial charge < -0.3 is 0 Å². The Labute approximate surface area is 140 Å². The number of benzene rings is 2. The first-order valence-corrected chi connectivity index (χ1v) is 7.15. The lowest BCUT2D eigenvalue weighted by Gasteiger charge is -2.09. The van der Waals surface area contributed by atoms with Gasteiger partial charge in [0.05, 0.1) is 22.6 Å². The molecule has 0 aliphatic rings. The van der Waals surface area contributed by atoms with E-state index in [0.29, 0.717) is 5.56 Å². The van der Waals surface area contributed by atoms with Crippen LogP contribution >= 0.6 is 11.6 Å². The third-order valence-electron chi connectivity index (χ3n) is 3.08. The molecule has 0 saturated heterocycles. The lowest BCUT2D eigenvalue weighted by molar-refractivity contribution is -0.137. The van der Waals surface area contributed by atoms with Gasteiger partial charge in [0.15, 0.2) is 0 Å². The number of hydrazine groups is 1. The molecule has 126 valence electrons. The number of carbonyl (C=O) groups excluding carboxylic acids is 2. The number of amides is 2. The fraction of sp³-hybridized carbons (Fsp3) is 0.125. The van der Waals surface area contributed by atoms with Crippen molar-refractivity contribution in [3.8, 4) is 0 Å². The van der Waals surface area contributed by atoms with Crippen LogP contribution in [-0.4, -0.2) is 11.8 Å². The molecular weight excluding hydrogens is 345 g/mol. The molecule has 2 aromatic carbocycles. The van der Waals surface area contributed by atoms with Crippen molar-refractivity contribution >= 4 is 23.4 Å². The van der Waals surface area contributed by atoms with E-state index in [1.54, 1.807) is 12.1 Å². The summed E-state index contributed by atoms with van der Waals surface area (Å²) in [6.45, 7) is 0. The molecular formula is C16H12ClF3N2O2. The van der Waals surface area contributed by atoms with Crippen LogP contribution in [0.15, 0.2) is 48.5 Å². The Morgan fingerprint density at radius 3 is 2.17 bits per heavy atom. The first kappa shape index (κ1) is 17.8. The summed E-state index contributed by atoms with van der Waals surface area (Å²) in [6.07, 6.45) is -4.61. The Balaban J connectivity index is 1.90. The van der Waals surface area contributed by atoms with Gasteiger partial charge in [0.25, 0.3) is 5.91 Å². The fourth-order valence-electron chi connectivity index (χ4n) is 1.88. The van der Waals surface area contributed by atoms with Crippen molar-refractivity contribution in [2.45, 2.75) is 12.6 Å². The molecule has 24 heavy (non-hydrogen) atoms. The van der Waals surface area contributed by atoms with Crippen LogP contribution in [0.5, 0.6) is 0 Å². The molecule has 0 saturated carbocycles. The Bertz CT molecular complexity index is 746. The van der Waals surface area contributed by atoms with Gasteiger partial charge in [0, 0.05) is 0 Å². The van der Waals surface area contributed by atoms with E-state index < -0.39 is 23.6 Å². The summed E-state index contributed by atoms with van der Waals surface area (Å²) in [6, 6.07) is 10.5. The van der Waals surface area contributed by atoms with E-state index in [9.17, 15) is 22.8 Å². The average molecular weight is 357 g/mol. The van der Waals surface area contributed by atoms with Crippen LogP contribution in [-0.2, 0) is 17.4 Å². The summed E-state index contributed by atoms with van der Waals surface area (Å²) in [5.41, 5.74) is 4.15. The summed E-state index contributed by atoms with van der Waals surface area (Å²) in [4.78, 5) is 23.6. The lowest BCUT2D eigenvalue weighted by atomic mass is 10.1. The molecule has 0 radical (unpaired) electrons. The predicted molar refractivity (Wildman–Crippen MR) is 82.2 cm³/mol. The molecule has 2 rings (SSSR count). The van der Waals surface area contributed by atoms with Crippen molar-refractivity contribution in [1.29, 1.82) is 0 Å². The van der Waals surface area contributed by atoms with Crippen LogP contribution in [0.1, 0.15) is 21.5 Å². The average Bonchev–Trinajstić information content (AvgIpc) is 2.53. The van der Waals surface area contributed by atoms with E-state index in [4.69, 9.17) is 11.6 Å². The molecule has 2 N–H and O–H groups in total. The minimum absolute atomic E-state index is 0.180. The van der Waals surface area contributed by atoms with Gasteiger partial charge >= 0.3 is 6.18 Å². The van der Waals surface area contributed by atoms with Gasteiger partial charge in [0.1, 0.15) is 0 Å². The molecule has 4 nitrogen and oxygen atoms in total. The second-order valence-electron chi connectivity index (χ2n) is 4.85. The molecule has 2 aromatic rings. The van der Waals surface area contributed by atoms with Crippen LogP contribution in [0, 0.1) is 0 Å². The second kappa shape index (κ2) is 7.35. The zero-order chi connectivity index (χ0) is 17.7. The highest BCUT2D eigenvalue weighted by Gasteiger charge is 2.29. The lowest BCUT2D eigenvalue weighted by Crippen LogP contribution is -2.42. The molecule has 0 unspecified atom stereocenters. The predicted octanol–water partition coefficient (Wildman–Crippen LogP) is 3.36. The van der Waals surface area contributed by atoms with E-state index in [-0.39, 0.29) is 17.0 Å². The van der Waals surface area contributed by atoms with Crippen LogP contribution in [0.25, 0.3) is 0 Å². The summed E-state index contributed by atoms with van der Waals surface area (Å²) in [5, 5.41) is 0.229. The van der Waals surface area contributed by atoms with E-state index in [1.165, 1.54) is 24.3 Å². The Kier molecular flexibility index (Phi) is 5.46. The Morgan fingerprint density at radius 1 is 0.958 bits per heavy atom. The quantitative estimate of drug-likeness (QED) is 0.828. The van der Waals surface area contributed by atoms with E-state index in [1.807, 2.05) is 0 Å². The highest BCUT2D eigenvalue weighted by atomic mass is 35.5. The molecule has 0 fully saturated rings. The van der Waals surface area contributed by atoms with Crippen molar-refractivity contribution in [3.05, 3.63) is 70.2 Å². The molecule has 8 heteroatoms. The normalized spacial score (nSPS) is 11.0. The maximum atomic E-state index is 12.4. The van der Waals surface area contributed by atoms with Gasteiger partial charge in [-0.2, -0.15) is 13.2 Å². The third kappa shape index (κ3) is 4.73. The minimum atomic E-state index is -4.43. The summed E-state index contributed by atoms with van der Waals surface area (Å²) >= 11 is 5.85. The van der Waals surface area contributed by atoms with Crippen LogP contribution < -0.4 is 10.9 Å². The maximum absolute atomic E-state index is 12.4. The van der Waals surface area contributed by atoms with Crippen LogP contribution in [0.3, 0.4) is 0 Å². The third-order valence-corrected chi connectivity index (χ3v) is 3.41. The number of hydrogen-bond acceptors (Lipinski definition) is 2. The summed E-state index contributed by atoms with van der Waals surface area (Å²) in [7, 11) is 0. The first-order valence-electron chi connectivity index (χ1n) is 6.77. The second-order valence-corrected chi connectivity index (χ2v) is 5.26. The molecule has 0 spiro atoms. The number of rotatable bonds is 3. The molecule has 0 heterocycles.